The van der Waals surface area contributed by atoms with Crippen LogP contribution in [0.15, 0.2) is 77.6 Å². The zero-order valence-electron chi connectivity index (χ0n) is 16.3. The fourth-order valence-electron chi connectivity index (χ4n) is 4.20. The summed E-state index contributed by atoms with van der Waals surface area (Å²) in [6, 6.07) is 23.0. The molecule has 2 aromatic carbocycles. The Morgan fingerprint density at radius 2 is 1.69 bits per heavy atom. The van der Waals surface area contributed by atoms with E-state index < -0.39 is 10.0 Å². The Morgan fingerprint density at radius 1 is 0.966 bits per heavy atom. The van der Waals surface area contributed by atoms with E-state index >= 15 is 0 Å². The van der Waals surface area contributed by atoms with Gasteiger partial charge in [0.15, 0.2) is 0 Å². The topological polar surface area (TPSA) is 68.2 Å². The van der Waals surface area contributed by atoms with Crippen molar-refractivity contribution in [1.29, 1.82) is 0 Å². The smallest absolute Gasteiger partial charge is 0.251 e. The van der Waals surface area contributed by atoms with Crippen LogP contribution in [-0.4, -0.2) is 25.3 Å². The monoisotopic (exact) mass is 408 g/mol. The SMILES string of the molecule is CS(=O)(=O)N[C@H]1CCc2cccc(=O)n2[C@H]1Cc1cccc(-c2ccccc2)c1. The number of hydrogen-bond acceptors (Lipinski definition) is 3. The van der Waals surface area contributed by atoms with Gasteiger partial charge in [-0.15, -0.1) is 0 Å². The standard InChI is InChI=1S/C23H24N2O3S/c1-29(27,28)24-21-14-13-20-11-6-12-23(26)25(20)22(21)16-17-7-5-10-19(15-17)18-8-3-2-4-9-18/h2-12,15,21-22,24H,13-14,16H2,1H3/t21-,22-/m0/s1. The first kappa shape index (κ1) is 19.6. The van der Waals surface area contributed by atoms with Crippen molar-refractivity contribution < 1.29 is 8.42 Å². The number of nitrogens with zero attached hydrogens (tertiary/aromatic N) is 1. The van der Waals surface area contributed by atoms with Crippen LogP contribution in [0.2, 0.25) is 0 Å². The number of fused-ring (bicyclic) bond motifs is 1. The molecule has 29 heavy (non-hydrogen) atoms. The van der Waals surface area contributed by atoms with E-state index in [1.807, 2.05) is 36.4 Å². The third kappa shape index (κ3) is 4.49. The summed E-state index contributed by atoms with van der Waals surface area (Å²) in [4.78, 5) is 12.6. The molecule has 1 aliphatic rings. The lowest BCUT2D eigenvalue weighted by molar-refractivity contribution is 0.315. The molecule has 6 heteroatoms. The van der Waals surface area contributed by atoms with Crippen LogP contribution in [0, 0.1) is 0 Å². The van der Waals surface area contributed by atoms with Crippen LogP contribution in [0.25, 0.3) is 11.1 Å². The Balaban J connectivity index is 1.72. The second kappa shape index (κ2) is 7.97. The van der Waals surface area contributed by atoms with Crippen molar-refractivity contribution in [1.82, 2.24) is 9.29 Å². The molecule has 0 aliphatic carbocycles. The number of rotatable bonds is 5. The van der Waals surface area contributed by atoms with Crippen LogP contribution in [0.1, 0.15) is 23.7 Å². The van der Waals surface area contributed by atoms with E-state index in [-0.39, 0.29) is 17.6 Å². The van der Waals surface area contributed by atoms with E-state index in [4.69, 9.17) is 0 Å². The van der Waals surface area contributed by atoms with Crippen molar-refractivity contribution in [3.63, 3.8) is 0 Å². The quantitative estimate of drug-likeness (QED) is 0.705. The molecule has 1 aromatic heterocycles. The molecule has 0 fully saturated rings. The second-order valence-electron chi connectivity index (χ2n) is 7.60. The molecular weight excluding hydrogens is 384 g/mol. The van der Waals surface area contributed by atoms with Gasteiger partial charge >= 0.3 is 0 Å². The van der Waals surface area contributed by atoms with Crippen LogP contribution >= 0.6 is 0 Å². The minimum atomic E-state index is -3.38. The number of pyridine rings is 1. The van der Waals surface area contributed by atoms with Gasteiger partial charge < -0.3 is 4.57 Å². The van der Waals surface area contributed by atoms with Gasteiger partial charge in [-0.05, 0) is 42.0 Å². The summed E-state index contributed by atoms with van der Waals surface area (Å²) < 4.78 is 28.4. The summed E-state index contributed by atoms with van der Waals surface area (Å²) in [7, 11) is -3.38. The maximum atomic E-state index is 12.6. The number of benzene rings is 2. The molecule has 1 N–H and O–H groups in total. The average Bonchev–Trinajstić information content (AvgIpc) is 2.70. The highest BCUT2D eigenvalue weighted by atomic mass is 32.2. The number of sulfonamides is 1. The third-order valence-electron chi connectivity index (χ3n) is 5.43. The summed E-state index contributed by atoms with van der Waals surface area (Å²) >= 11 is 0. The van der Waals surface area contributed by atoms with E-state index in [0.29, 0.717) is 19.3 Å². The van der Waals surface area contributed by atoms with E-state index in [1.54, 1.807) is 16.7 Å². The van der Waals surface area contributed by atoms with Gasteiger partial charge in [-0.2, -0.15) is 0 Å². The molecule has 3 aromatic rings. The Hall–Kier alpha value is -2.70. The molecule has 0 spiro atoms. The van der Waals surface area contributed by atoms with Crippen molar-refractivity contribution in [3.05, 3.63) is 94.4 Å². The summed E-state index contributed by atoms with van der Waals surface area (Å²) in [5, 5.41) is 0. The first-order valence-electron chi connectivity index (χ1n) is 9.73. The Labute approximate surface area is 171 Å². The predicted molar refractivity (Wildman–Crippen MR) is 115 cm³/mol. The van der Waals surface area contributed by atoms with E-state index in [2.05, 4.69) is 29.0 Å². The third-order valence-corrected chi connectivity index (χ3v) is 6.16. The molecule has 0 saturated carbocycles. The number of nitrogens with one attached hydrogen (secondary N) is 1. The fraction of sp³-hybridized carbons (Fsp3) is 0.261. The fourth-order valence-corrected chi connectivity index (χ4v) is 5.02. The molecule has 4 rings (SSSR count). The summed E-state index contributed by atoms with van der Waals surface area (Å²) in [6.07, 6.45) is 3.08. The lowest BCUT2D eigenvalue weighted by Gasteiger charge is -2.35. The minimum absolute atomic E-state index is 0.0910. The number of aryl methyl sites for hydroxylation is 1. The Bertz CT molecular complexity index is 1170. The first-order chi connectivity index (χ1) is 13.9. The molecule has 2 atom stereocenters. The van der Waals surface area contributed by atoms with Gasteiger partial charge in [-0.1, -0.05) is 60.7 Å². The maximum absolute atomic E-state index is 12.6. The summed E-state index contributed by atoms with van der Waals surface area (Å²) in [5.74, 6) is 0. The number of aromatic nitrogens is 1. The lowest BCUT2D eigenvalue weighted by Crippen LogP contribution is -2.48. The van der Waals surface area contributed by atoms with Gasteiger partial charge in [0.05, 0.1) is 12.3 Å². The van der Waals surface area contributed by atoms with E-state index in [9.17, 15) is 13.2 Å². The van der Waals surface area contributed by atoms with Crippen molar-refractivity contribution >= 4 is 10.0 Å². The van der Waals surface area contributed by atoms with Gasteiger partial charge in [-0.3, -0.25) is 4.79 Å². The van der Waals surface area contributed by atoms with Gasteiger partial charge in [0.2, 0.25) is 10.0 Å². The second-order valence-corrected chi connectivity index (χ2v) is 9.38. The van der Waals surface area contributed by atoms with Crippen LogP contribution in [0.3, 0.4) is 0 Å². The number of hydrogen-bond donors (Lipinski definition) is 1. The van der Waals surface area contributed by atoms with E-state index in [0.717, 1.165) is 22.4 Å². The molecule has 0 amide bonds. The van der Waals surface area contributed by atoms with Gasteiger partial charge in [0, 0.05) is 17.8 Å². The lowest BCUT2D eigenvalue weighted by atomic mass is 9.90. The molecule has 0 radical (unpaired) electrons. The average molecular weight is 409 g/mol. The van der Waals surface area contributed by atoms with Gasteiger partial charge in [0.1, 0.15) is 0 Å². The summed E-state index contributed by atoms with van der Waals surface area (Å²) in [6.45, 7) is 0. The van der Waals surface area contributed by atoms with Gasteiger partial charge in [-0.25, -0.2) is 13.1 Å². The molecule has 1 aliphatic heterocycles. The highest BCUT2D eigenvalue weighted by Crippen LogP contribution is 2.29. The highest BCUT2D eigenvalue weighted by molar-refractivity contribution is 7.88. The van der Waals surface area contributed by atoms with Crippen molar-refractivity contribution in [2.75, 3.05) is 6.26 Å². The Morgan fingerprint density at radius 3 is 2.45 bits per heavy atom. The molecule has 0 unspecified atom stereocenters. The van der Waals surface area contributed by atoms with Gasteiger partial charge in [0.25, 0.3) is 5.56 Å². The van der Waals surface area contributed by atoms with Crippen molar-refractivity contribution in [2.45, 2.75) is 31.3 Å². The van der Waals surface area contributed by atoms with Crippen LogP contribution in [0.4, 0.5) is 0 Å². The van der Waals surface area contributed by atoms with Crippen LogP contribution < -0.4 is 10.3 Å². The largest absolute Gasteiger partial charge is 0.308 e. The Kier molecular flexibility index (Phi) is 5.39. The van der Waals surface area contributed by atoms with Crippen LogP contribution in [-0.2, 0) is 22.9 Å². The molecule has 2 heterocycles. The van der Waals surface area contributed by atoms with E-state index in [1.165, 1.54) is 6.26 Å². The maximum Gasteiger partial charge on any atom is 0.251 e. The summed E-state index contributed by atoms with van der Waals surface area (Å²) in [5.41, 5.74) is 4.16. The zero-order chi connectivity index (χ0) is 20.4. The minimum Gasteiger partial charge on any atom is -0.308 e. The molecule has 150 valence electrons. The van der Waals surface area contributed by atoms with Crippen molar-refractivity contribution in [3.8, 4) is 11.1 Å². The molecule has 5 nitrogen and oxygen atoms in total. The molecule has 0 saturated heterocycles. The normalized spacial score (nSPS) is 18.9. The van der Waals surface area contributed by atoms with Crippen LogP contribution in [0.5, 0.6) is 0 Å². The molecule has 0 bridgehead atoms. The highest BCUT2D eigenvalue weighted by Gasteiger charge is 2.31. The zero-order valence-corrected chi connectivity index (χ0v) is 17.1. The van der Waals surface area contributed by atoms with Crippen molar-refractivity contribution in [2.24, 2.45) is 0 Å². The molecular formula is C23H24N2O3S. The predicted octanol–water partition coefficient (Wildman–Crippen LogP) is 3.16. The first-order valence-corrected chi connectivity index (χ1v) is 11.6.